The summed E-state index contributed by atoms with van der Waals surface area (Å²) in [6, 6.07) is 5.49. The molecule has 166 valence electrons. The van der Waals surface area contributed by atoms with Crippen molar-refractivity contribution in [1.82, 2.24) is 26.6 Å². The van der Waals surface area contributed by atoms with Gasteiger partial charge in [-0.15, -0.1) is 0 Å². The summed E-state index contributed by atoms with van der Waals surface area (Å²) in [4.78, 5) is 26.3. The number of hydrogen-bond acceptors (Lipinski definition) is 6. The number of amides is 2. The molecule has 2 aliphatic heterocycles. The Kier molecular flexibility index (Phi) is 9.02. The lowest BCUT2D eigenvalue weighted by Crippen LogP contribution is -2.46. The number of hydrogen-bond donors (Lipinski definition) is 4. The van der Waals surface area contributed by atoms with E-state index < -0.39 is 6.09 Å². The van der Waals surface area contributed by atoms with E-state index >= 15 is 0 Å². The van der Waals surface area contributed by atoms with Gasteiger partial charge in [0.2, 0.25) is 5.91 Å². The quantitative estimate of drug-likeness (QED) is 0.448. The summed E-state index contributed by atoms with van der Waals surface area (Å²) < 4.78 is 5.26. The standard InChI is InChI=1S/C20H29Cl2N5O3/c21-15-9-14(10-16(22)11-15)13-30-20(29)24-17-5-7-27(8-6-17)19(28)4-2-1-3-18-12-23-26-25-18/h9-11,17-18,23,25-26H,1-8,12-13H2,(H,24,29). The summed E-state index contributed by atoms with van der Waals surface area (Å²) in [5.74, 6) is 0.199. The lowest BCUT2D eigenvalue weighted by Gasteiger charge is -2.32. The van der Waals surface area contributed by atoms with Gasteiger partial charge in [0.15, 0.2) is 0 Å². The van der Waals surface area contributed by atoms with Crippen LogP contribution in [0.2, 0.25) is 10.0 Å². The molecule has 1 aromatic carbocycles. The van der Waals surface area contributed by atoms with Gasteiger partial charge in [-0.25, -0.2) is 15.6 Å². The summed E-state index contributed by atoms with van der Waals surface area (Å²) in [6.45, 7) is 2.33. The highest BCUT2D eigenvalue weighted by molar-refractivity contribution is 6.34. The number of benzene rings is 1. The van der Waals surface area contributed by atoms with Gasteiger partial charge in [0, 0.05) is 48.2 Å². The molecule has 1 aromatic rings. The minimum absolute atomic E-state index is 0.0120. The van der Waals surface area contributed by atoms with Crippen molar-refractivity contribution in [2.45, 2.75) is 57.2 Å². The van der Waals surface area contributed by atoms with Crippen molar-refractivity contribution < 1.29 is 14.3 Å². The largest absolute Gasteiger partial charge is 0.445 e. The summed E-state index contributed by atoms with van der Waals surface area (Å²) in [5.41, 5.74) is 9.79. The monoisotopic (exact) mass is 457 g/mol. The Morgan fingerprint density at radius 3 is 2.53 bits per heavy atom. The first kappa shape index (κ1) is 23.1. The van der Waals surface area contributed by atoms with Gasteiger partial charge < -0.3 is 15.0 Å². The molecule has 0 radical (unpaired) electrons. The molecule has 2 aliphatic rings. The molecule has 0 aliphatic carbocycles. The summed E-state index contributed by atoms with van der Waals surface area (Å²) in [7, 11) is 0. The maximum atomic E-state index is 12.4. The van der Waals surface area contributed by atoms with E-state index in [2.05, 4.69) is 21.7 Å². The fourth-order valence-electron chi connectivity index (χ4n) is 3.70. The number of carbonyl (C=O) groups excluding carboxylic acids is 2. The molecule has 2 amide bonds. The van der Waals surface area contributed by atoms with E-state index in [9.17, 15) is 9.59 Å². The highest BCUT2D eigenvalue weighted by atomic mass is 35.5. The molecule has 0 spiro atoms. The van der Waals surface area contributed by atoms with Gasteiger partial charge in [0.25, 0.3) is 0 Å². The molecule has 2 fully saturated rings. The molecule has 2 saturated heterocycles. The van der Waals surface area contributed by atoms with Crippen LogP contribution in [0.1, 0.15) is 44.1 Å². The Hall–Kier alpha value is -1.58. The van der Waals surface area contributed by atoms with Crippen molar-refractivity contribution in [1.29, 1.82) is 0 Å². The maximum absolute atomic E-state index is 12.4. The van der Waals surface area contributed by atoms with Crippen molar-refractivity contribution in [2.24, 2.45) is 0 Å². The number of nitrogens with one attached hydrogen (secondary N) is 4. The van der Waals surface area contributed by atoms with Gasteiger partial charge >= 0.3 is 6.09 Å². The van der Waals surface area contributed by atoms with Crippen molar-refractivity contribution in [3.8, 4) is 0 Å². The minimum Gasteiger partial charge on any atom is -0.445 e. The molecule has 1 unspecified atom stereocenters. The predicted octanol–water partition coefficient (Wildman–Crippen LogP) is 2.75. The van der Waals surface area contributed by atoms with E-state index in [-0.39, 0.29) is 18.6 Å². The molecule has 3 rings (SSSR count). The molecule has 0 saturated carbocycles. The van der Waals surface area contributed by atoms with Crippen molar-refractivity contribution in [3.63, 3.8) is 0 Å². The second-order valence-corrected chi connectivity index (χ2v) is 8.62. The highest BCUT2D eigenvalue weighted by Gasteiger charge is 2.24. The fraction of sp³-hybridized carbons (Fsp3) is 0.600. The van der Waals surface area contributed by atoms with Gasteiger partial charge in [-0.3, -0.25) is 4.79 Å². The van der Waals surface area contributed by atoms with Crippen LogP contribution in [0.5, 0.6) is 0 Å². The number of nitrogens with zero attached hydrogens (tertiary/aromatic N) is 1. The van der Waals surface area contributed by atoms with E-state index in [0.717, 1.165) is 44.2 Å². The van der Waals surface area contributed by atoms with Crippen LogP contribution in [0, 0.1) is 0 Å². The zero-order chi connectivity index (χ0) is 21.3. The molecule has 30 heavy (non-hydrogen) atoms. The summed E-state index contributed by atoms with van der Waals surface area (Å²) in [6.07, 6.45) is 4.53. The summed E-state index contributed by atoms with van der Waals surface area (Å²) >= 11 is 11.9. The summed E-state index contributed by atoms with van der Waals surface area (Å²) in [5, 5.41) is 3.88. The minimum atomic E-state index is -0.472. The number of piperidine rings is 1. The third-order valence-corrected chi connectivity index (χ3v) is 5.80. The van der Waals surface area contributed by atoms with E-state index in [0.29, 0.717) is 35.6 Å². The van der Waals surface area contributed by atoms with E-state index in [1.54, 1.807) is 18.2 Å². The van der Waals surface area contributed by atoms with Gasteiger partial charge in [0.1, 0.15) is 6.61 Å². The maximum Gasteiger partial charge on any atom is 0.407 e. The van der Waals surface area contributed by atoms with Crippen LogP contribution in [-0.4, -0.2) is 48.6 Å². The first-order valence-corrected chi connectivity index (χ1v) is 11.1. The van der Waals surface area contributed by atoms with Crippen LogP contribution < -0.4 is 21.7 Å². The van der Waals surface area contributed by atoms with Crippen molar-refractivity contribution >= 4 is 35.2 Å². The molecule has 1 atom stereocenters. The number of hydrazine groups is 2. The number of halogens is 2. The van der Waals surface area contributed by atoms with Crippen LogP contribution in [0.3, 0.4) is 0 Å². The lowest BCUT2D eigenvalue weighted by molar-refractivity contribution is -0.132. The topological polar surface area (TPSA) is 94.7 Å². The molecule has 10 heteroatoms. The van der Waals surface area contributed by atoms with E-state index in [1.807, 2.05) is 4.90 Å². The average Bonchev–Trinajstić information content (AvgIpc) is 3.23. The van der Waals surface area contributed by atoms with Crippen molar-refractivity contribution in [2.75, 3.05) is 19.6 Å². The lowest BCUT2D eigenvalue weighted by atomic mass is 10.0. The second-order valence-electron chi connectivity index (χ2n) is 7.75. The Bertz CT molecular complexity index is 702. The number of alkyl carbamates (subject to hydrolysis) is 1. The van der Waals surface area contributed by atoms with E-state index in [4.69, 9.17) is 27.9 Å². The number of unbranched alkanes of at least 4 members (excludes halogenated alkanes) is 1. The molecular formula is C20H29Cl2N5O3. The smallest absolute Gasteiger partial charge is 0.407 e. The number of rotatable bonds is 8. The average molecular weight is 458 g/mol. The van der Waals surface area contributed by atoms with E-state index in [1.165, 1.54) is 0 Å². The second kappa shape index (κ2) is 11.7. The van der Waals surface area contributed by atoms with Crippen LogP contribution in [0.4, 0.5) is 4.79 Å². The van der Waals surface area contributed by atoms with Gasteiger partial charge in [-0.1, -0.05) is 29.6 Å². The number of likely N-dealkylation sites (tertiary alicyclic amines) is 1. The van der Waals surface area contributed by atoms with Crippen LogP contribution in [0.15, 0.2) is 18.2 Å². The molecular weight excluding hydrogens is 429 g/mol. The number of carbonyl (C=O) groups is 2. The molecule has 2 heterocycles. The molecule has 0 bridgehead atoms. The first-order chi connectivity index (χ1) is 14.5. The Morgan fingerprint density at radius 1 is 1.13 bits per heavy atom. The third-order valence-electron chi connectivity index (χ3n) is 5.37. The van der Waals surface area contributed by atoms with Crippen LogP contribution >= 0.6 is 23.2 Å². The zero-order valence-corrected chi connectivity index (χ0v) is 18.4. The Labute approximate surface area is 186 Å². The molecule has 8 nitrogen and oxygen atoms in total. The predicted molar refractivity (Wildman–Crippen MR) is 116 cm³/mol. The third kappa shape index (κ3) is 7.59. The molecule has 4 N–H and O–H groups in total. The van der Waals surface area contributed by atoms with Crippen LogP contribution in [0.25, 0.3) is 0 Å². The highest BCUT2D eigenvalue weighted by Crippen LogP contribution is 2.20. The first-order valence-electron chi connectivity index (χ1n) is 10.4. The number of ether oxygens (including phenoxy) is 1. The normalized spacial score (nSPS) is 19.7. The van der Waals surface area contributed by atoms with Crippen molar-refractivity contribution in [3.05, 3.63) is 33.8 Å². The van der Waals surface area contributed by atoms with Gasteiger partial charge in [-0.05, 0) is 49.4 Å². The Balaban J connectivity index is 1.28. The SMILES string of the molecule is O=C(NC1CCN(C(=O)CCCCC2CNNN2)CC1)OCc1cc(Cl)cc(Cl)c1. The van der Waals surface area contributed by atoms with Gasteiger partial charge in [-0.2, -0.15) is 5.53 Å². The fourth-order valence-corrected chi connectivity index (χ4v) is 4.27. The van der Waals surface area contributed by atoms with Crippen LogP contribution in [-0.2, 0) is 16.1 Å². The zero-order valence-electron chi connectivity index (χ0n) is 16.9. The molecule has 0 aromatic heterocycles. The Morgan fingerprint density at radius 2 is 1.87 bits per heavy atom. The van der Waals surface area contributed by atoms with Gasteiger partial charge in [0.05, 0.1) is 0 Å².